The molecule has 0 bridgehead atoms. The van der Waals surface area contributed by atoms with Crippen LogP contribution in [0.25, 0.3) is 0 Å². The Morgan fingerprint density at radius 3 is 2.50 bits per heavy atom. The summed E-state index contributed by atoms with van der Waals surface area (Å²) in [6.45, 7) is 5.15. The second-order valence-electron chi connectivity index (χ2n) is 3.51. The Bertz CT molecular complexity index is 341. The van der Waals surface area contributed by atoms with E-state index in [1.807, 2.05) is 0 Å². The van der Waals surface area contributed by atoms with Crippen LogP contribution in [0.15, 0.2) is 12.7 Å². The molecule has 0 aromatic rings. The molecule has 1 amide bonds. The Kier molecular flexibility index (Phi) is 2.99. The quantitative estimate of drug-likeness (QED) is 0.672. The molecule has 1 aliphatic rings. The standard InChI is InChI=1S/C9H15NO3S/c1-3-8(11)10-7-9(5-6-9)14(12,13)4-2/h3H,1,4-7H2,2H3,(H,10,11). The lowest BCUT2D eigenvalue weighted by molar-refractivity contribution is -0.116. The first-order chi connectivity index (χ1) is 6.47. The highest BCUT2D eigenvalue weighted by Gasteiger charge is 2.53. The molecule has 1 aliphatic carbocycles. The van der Waals surface area contributed by atoms with Gasteiger partial charge < -0.3 is 5.32 Å². The molecule has 4 nitrogen and oxygen atoms in total. The van der Waals surface area contributed by atoms with Crippen molar-refractivity contribution >= 4 is 15.7 Å². The smallest absolute Gasteiger partial charge is 0.243 e. The maximum Gasteiger partial charge on any atom is 0.243 e. The lowest BCUT2D eigenvalue weighted by Crippen LogP contribution is -2.38. The Labute approximate surface area is 84.3 Å². The molecular weight excluding hydrogens is 202 g/mol. The topological polar surface area (TPSA) is 63.2 Å². The Balaban J connectivity index is 2.61. The molecule has 0 aromatic carbocycles. The maximum atomic E-state index is 11.6. The van der Waals surface area contributed by atoms with Crippen LogP contribution >= 0.6 is 0 Å². The van der Waals surface area contributed by atoms with Gasteiger partial charge in [0, 0.05) is 12.3 Å². The molecule has 0 aliphatic heterocycles. The zero-order valence-electron chi connectivity index (χ0n) is 8.25. The van der Waals surface area contributed by atoms with E-state index in [9.17, 15) is 13.2 Å². The number of carbonyl (C=O) groups is 1. The third kappa shape index (κ3) is 1.97. The molecule has 1 rings (SSSR count). The Hall–Kier alpha value is -0.840. The fourth-order valence-corrected chi connectivity index (χ4v) is 2.99. The van der Waals surface area contributed by atoms with Gasteiger partial charge in [0.2, 0.25) is 5.91 Å². The minimum Gasteiger partial charge on any atom is -0.351 e. The summed E-state index contributed by atoms with van der Waals surface area (Å²) in [5.74, 6) is -0.181. The first-order valence-electron chi connectivity index (χ1n) is 4.60. The summed E-state index contributed by atoms with van der Waals surface area (Å²) in [4.78, 5) is 10.9. The molecule has 1 saturated carbocycles. The highest BCUT2D eigenvalue weighted by Crippen LogP contribution is 2.43. The summed E-state index contributed by atoms with van der Waals surface area (Å²) in [5.41, 5.74) is 0. The maximum absolute atomic E-state index is 11.6. The average Bonchev–Trinajstić information content (AvgIpc) is 2.95. The fourth-order valence-electron chi connectivity index (χ4n) is 1.36. The number of hydrogen-bond donors (Lipinski definition) is 1. The number of sulfone groups is 1. The van der Waals surface area contributed by atoms with Crippen LogP contribution in [-0.4, -0.2) is 31.4 Å². The van der Waals surface area contributed by atoms with Crippen LogP contribution in [0.2, 0.25) is 0 Å². The lowest BCUT2D eigenvalue weighted by atomic mass is 10.4. The zero-order valence-corrected chi connectivity index (χ0v) is 9.06. The highest BCUT2D eigenvalue weighted by molar-refractivity contribution is 7.93. The van der Waals surface area contributed by atoms with Crippen LogP contribution in [0.5, 0.6) is 0 Å². The van der Waals surface area contributed by atoms with Crippen molar-refractivity contribution in [1.29, 1.82) is 0 Å². The van der Waals surface area contributed by atoms with E-state index >= 15 is 0 Å². The SMILES string of the molecule is C=CC(=O)NCC1(S(=O)(=O)CC)CC1. The molecule has 0 spiro atoms. The lowest BCUT2D eigenvalue weighted by Gasteiger charge is -2.14. The molecule has 0 radical (unpaired) electrons. The van der Waals surface area contributed by atoms with Gasteiger partial charge in [-0.25, -0.2) is 8.42 Å². The molecule has 0 atom stereocenters. The van der Waals surface area contributed by atoms with E-state index in [-0.39, 0.29) is 18.2 Å². The molecule has 0 saturated heterocycles. The minimum atomic E-state index is -3.04. The van der Waals surface area contributed by atoms with Crippen LogP contribution in [0.4, 0.5) is 0 Å². The number of rotatable bonds is 5. The summed E-state index contributed by atoms with van der Waals surface area (Å²) in [7, 11) is -3.04. The number of nitrogens with one attached hydrogen (secondary N) is 1. The van der Waals surface area contributed by atoms with E-state index in [0.29, 0.717) is 12.8 Å². The predicted molar refractivity (Wildman–Crippen MR) is 54.6 cm³/mol. The third-order valence-corrected chi connectivity index (χ3v) is 5.25. The molecule has 14 heavy (non-hydrogen) atoms. The first kappa shape index (κ1) is 11.2. The van der Waals surface area contributed by atoms with Crippen molar-refractivity contribution in [2.75, 3.05) is 12.3 Å². The van der Waals surface area contributed by atoms with Crippen LogP contribution in [0.3, 0.4) is 0 Å². The molecule has 80 valence electrons. The summed E-state index contributed by atoms with van der Waals surface area (Å²) in [6, 6.07) is 0. The normalized spacial score (nSPS) is 18.6. The van der Waals surface area contributed by atoms with E-state index in [1.165, 1.54) is 0 Å². The van der Waals surface area contributed by atoms with Crippen LogP contribution in [-0.2, 0) is 14.6 Å². The number of carbonyl (C=O) groups excluding carboxylic acids is 1. The van der Waals surface area contributed by atoms with Gasteiger partial charge >= 0.3 is 0 Å². The number of hydrogen-bond acceptors (Lipinski definition) is 3. The van der Waals surface area contributed by atoms with Gasteiger partial charge in [-0.1, -0.05) is 13.5 Å². The Morgan fingerprint density at radius 2 is 2.14 bits per heavy atom. The average molecular weight is 217 g/mol. The largest absolute Gasteiger partial charge is 0.351 e. The first-order valence-corrected chi connectivity index (χ1v) is 6.25. The minimum absolute atomic E-state index is 0.136. The Morgan fingerprint density at radius 1 is 1.57 bits per heavy atom. The van der Waals surface area contributed by atoms with Gasteiger partial charge in [-0.15, -0.1) is 0 Å². The molecule has 0 aromatic heterocycles. The molecule has 0 unspecified atom stereocenters. The zero-order chi connectivity index (χ0) is 10.8. The van der Waals surface area contributed by atoms with Crippen molar-refractivity contribution in [3.05, 3.63) is 12.7 Å². The molecule has 0 heterocycles. The summed E-state index contributed by atoms with van der Waals surface area (Å²) < 4.78 is 22.5. The van der Waals surface area contributed by atoms with Gasteiger partial charge in [0.15, 0.2) is 9.84 Å². The van der Waals surface area contributed by atoms with Crippen molar-refractivity contribution in [2.45, 2.75) is 24.5 Å². The predicted octanol–water partition coefficient (Wildman–Crippen LogP) is 0.256. The molecular formula is C9H15NO3S. The molecule has 5 heteroatoms. The van der Waals surface area contributed by atoms with Gasteiger partial charge in [-0.05, 0) is 18.9 Å². The van der Waals surface area contributed by atoms with Crippen molar-refractivity contribution in [3.63, 3.8) is 0 Å². The van der Waals surface area contributed by atoms with E-state index in [4.69, 9.17) is 0 Å². The second kappa shape index (κ2) is 3.73. The van der Waals surface area contributed by atoms with E-state index in [0.717, 1.165) is 6.08 Å². The van der Waals surface area contributed by atoms with E-state index in [2.05, 4.69) is 11.9 Å². The highest BCUT2D eigenvalue weighted by atomic mass is 32.2. The van der Waals surface area contributed by atoms with Crippen molar-refractivity contribution < 1.29 is 13.2 Å². The summed E-state index contributed by atoms with van der Waals surface area (Å²) in [5, 5.41) is 2.54. The van der Waals surface area contributed by atoms with E-state index < -0.39 is 14.6 Å². The molecule has 1 fully saturated rings. The third-order valence-electron chi connectivity index (χ3n) is 2.62. The van der Waals surface area contributed by atoms with Gasteiger partial charge in [-0.3, -0.25) is 4.79 Å². The van der Waals surface area contributed by atoms with Gasteiger partial charge in [0.25, 0.3) is 0 Å². The van der Waals surface area contributed by atoms with Gasteiger partial charge in [-0.2, -0.15) is 0 Å². The second-order valence-corrected chi connectivity index (χ2v) is 6.18. The van der Waals surface area contributed by atoms with Crippen molar-refractivity contribution in [3.8, 4) is 0 Å². The number of amides is 1. The van der Waals surface area contributed by atoms with E-state index in [1.54, 1.807) is 6.92 Å². The fraction of sp³-hybridized carbons (Fsp3) is 0.667. The summed E-state index contributed by atoms with van der Waals surface area (Å²) in [6.07, 6.45) is 2.45. The van der Waals surface area contributed by atoms with Crippen LogP contribution in [0.1, 0.15) is 19.8 Å². The molecule has 1 N–H and O–H groups in total. The summed E-state index contributed by atoms with van der Waals surface area (Å²) >= 11 is 0. The van der Waals surface area contributed by atoms with Crippen LogP contribution < -0.4 is 5.32 Å². The monoisotopic (exact) mass is 217 g/mol. The van der Waals surface area contributed by atoms with Crippen molar-refractivity contribution in [1.82, 2.24) is 5.32 Å². The van der Waals surface area contributed by atoms with Gasteiger partial charge in [0.1, 0.15) is 0 Å². The van der Waals surface area contributed by atoms with Crippen LogP contribution in [0, 0.1) is 0 Å². The van der Waals surface area contributed by atoms with Gasteiger partial charge in [0.05, 0.1) is 4.75 Å². The van der Waals surface area contributed by atoms with Crippen molar-refractivity contribution in [2.24, 2.45) is 0 Å².